The number of carbonyl (C=O) groups excluding carboxylic acids is 2. The van der Waals surface area contributed by atoms with Gasteiger partial charge < -0.3 is 14.6 Å². The molecule has 1 N–H and O–H groups in total. The molecule has 0 aliphatic heterocycles. The Bertz CT molecular complexity index is 475. The minimum absolute atomic E-state index is 0.0543. The maximum atomic E-state index is 11.7. The molecule has 0 fully saturated rings. The van der Waals surface area contributed by atoms with Gasteiger partial charge in [0.1, 0.15) is 10.2 Å². The number of carbonyl (C=O) groups is 2. The van der Waals surface area contributed by atoms with E-state index >= 15 is 0 Å². The summed E-state index contributed by atoms with van der Waals surface area (Å²) < 4.78 is 9.61. The maximum absolute atomic E-state index is 11.7. The van der Waals surface area contributed by atoms with Crippen molar-refractivity contribution in [1.82, 2.24) is 4.98 Å². The molecule has 0 atom stereocenters. The molecule has 98 valence electrons. The molecule has 7 heteroatoms. The molecule has 0 aliphatic carbocycles. The van der Waals surface area contributed by atoms with E-state index in [0.29, 0.717) is 0 Å². The average Bonchev–Trinajstić information content (AvgIpc) is 2.32. The molecule has 0 aromatic carbocycles. The zero-order valence-electron chi connectivity index (χ0n) is 9.90. The van der Waals surface area contributed by atoms with Gasteiger partial charge in [-0.3, -0.25) is 0 Å². The van der Waals surface area contributed by atoms with E-state index in [2.05, 4.69) is 20.9 Å². The van der Waals surface area contributed by atoms with Crippen LogP contribution in [0.3, 0.4) is 0 Å². The van der Waals surface area contributed by atoms with Crippen LogP contribution in [0.2, 0.25) is 0 Å². The van der Waals surface area contributed by atoms with Crippen LogP contribution in [0.1, 0.15) is 34.6 Å². The molecular weight excluding hydrogens is 306 g/mol. The van der Waals surface area contributed by atoms with Crippen LogP contribution in [0.4, 0.5) is 0 Å². The summed E-state index contributed by atoms with van der Waals surface area (Å²) in [5.41, 5.74) is -0.381. The highest BCUT2D eigenvalue weighted by Crippen LogP contribution is 2.29. The molecule has 0 aliphatic rings. The van der Waals surface area contributed by atoms with E-state index in [0.717, 1.165) is 6.20 Å². The molecule has 0 amide bonds. The first-order valence-corrected chi connectivity index (χ1v) is 6.03. The number of rotatable bonds is 4. The van der Waals surface area contributed by atoms with Crippen molar-refractivity contribution >= 4 is 27.9 Å². The lowest BCUT2D eigenvalue weighted by Gasteiger charge is -2.10. The third kappa shape index (κ3) is 2.98. The predicted octanol–water partition coefficient (Wildman–Crippen LogP) is 1.90. The number of ether oxygens (including phenoxy) is 2. The van der Waals surface area contributed by atoms with Gasteiger partial charge in [0.2, 0.25) is 0 Å². The second-order valence-electron chi connectivity index (χ2n) is 3.13. The quantitative estimate of drug-likeness (QED) is 0.674. The van der Waals surface area contributed by atoms with Crippen LogP contribution in [0.25, 0.3) is 0 Å². The van der Waals surface area contributed by atoms with Crippen molar-refractivity contribution in [2.45, 2.75) is 13.8 Å². The highest BCUT2D eigenvalue weighted by Gasteiger charge is 2.25. The van der Waals surface area contributed by atoms with Crippen molar-refractivity contribution in [1.29, 1.82) is 0 Å². The minimum atomic E-state index is -0.804. The molecule has 0 radical (unpaired) electrons. The molecule has 0 saturated carbocycles. The van der Waals surface area contributed by atoms with Gasteiger partial charge in [0.05, 0.1) is 18.8 Å². The Morgan fingerprint density at radius 2 is 1.83 bits per heavy atom. The van der Waals surface area contributed by atoms with Gasteiger partial charge in [-0.05, 0) is 29.8 Å². The number of nitrogens with zero attached hydrogens (tertiary/aromatic N) is 1. The van der Waals surface area contributed by atoms with Crippen LogP contribution < -0.4 is 0 Å². The van der Waals surface area contributed by atoms with Crippen molar-refractivity contribution in [2.75, 3.05) is 13.2 Å². The Hall–Kier alpha value is -1.63. The van der Waals surface area contributed by atoms with E-state index < -0.39 is 17.7 Å². The summed E-state index contributed by atoms with van der Waals surface area (Å²) >= 11 is 2.97. The van der Waals surface area contributed by atoms with Crippen LogP contribution >= 0.6 is 15.9 Å². The van der Waals surface area contributed by atoms with Crippen LogP contribution in [-0.4, -0.2) is 35.2 Å². The predicted molar refractivity (Wildman–Crippen MR) is 65.5 cm³/mol. The minimum Gasteiger partial charge on any atom is -0.504 e. The zero-order valence-corrected chi connectivity index (χ0v) is 11.5. The van der Waals surface area contributed by atoms with Crippen LogP contribution in [0.15, 0.2) is 10.8 Å². The molecule has 1 heterocycles. The van der Waals surface area contributed by atoms with E-state index in [9.17, 15) is 14.7 Å². The maximum Gasteiger partial charge on any atom is 0.342 e. The number of esters is 2. The molecule has 1 aromatic rings. The van der Waals surface area contributed by atoms with Gasteiger partial charge in [-0.2, -0.15) is 0 Å². The molecule has 1 aromatic heterocycles. The number of halogens is 1. The number of hydrogen-bond donors (Lipinski definition) is 1. The largest absolute Gasteiger partial charge is 0.504 e. The lowest BCUT2D eigenvalue weighted by atomic mass is 10.1. The fourth-order valence-electron chi connectivity index (χ4n) is 1.25. The summed E-state index contributed by atoms with van der Waals surface area (Å²) in [6, 6.07) is 0. The standard InChI is InChI=1S/C11H12BrNO5/c1-3-17-10(15)6-5-13-9(12)8(14)7(6)11(16)18-4-2/h5,14H,3-4H2,1-2H3. The van der Waals surface area contributed by atoms with Crippen LogP contribution in [0, 0.1) is 0 Å². The Morgan fingerprint density at radius 3 is 2.39 bits per heavy atom. The smallest absolute Gasteiger partial charge is 0.342 e. The molecule has 0 saturated heterocycles. The SMILES string of the molecule is CCOC(=O)c1cnc(Br)c(O)c1C(=O)OCC. The molecule has 0 spiro atoms. The highest BCUT2D eigenvalue weighted by atomic mass is 79.9. The van der Waals surface area contributed by atoms with Gasteiger partial charge in [0, 0.05) is 6.20 Å². The lowest BCUT2D eigenvalue weighted by Crippen LogP contribution is -2.15. The van der Waals surface area contributed by atoms with Crippen LogP contribution in [0.5, 0.6) is 5.75 Å². The number of aromatic nitrogens is 1. The summed E-state index contributed by atoms with van der Waals surface area (Å²) in [7, 11) is 0. The third-order valence-corrected chi connectivity index (χ3v) is 2.56. The number of pyridine rings is 1. The summed E-state index contributed by atoms with van der Waals surface area (Å²) in [5, 5.41) is 9.77. The first kappa shape index (κ1) is 14.4. The summed E-state index contributed by atoms with van der Waals surface area (Å²) in [5.74, 6) is -1.99. The second-order valence-corrected chi connectivity index (χ2v) is 3.88. The molecule has 1 rings (SSSR count). The normalized spacial score (nSPS) is 9.94. The Kier molecular flexibility index (Phi) is 5.08. The topological polar surface area (TPSA) is 85.7 Å². The molecule has 18 heavy (non-hydrogen) atoms. The lowest BCUT2D eigenvalue weighted by molar-refractivity contribution is 0.0475. The first-order chi connectivity index (χ1) is 8.52. The van der Waals surface area contributed by atoms with Gasteiger partial charge in [-0.15, -0.1) is 0 Å². The average molecular weight is 318 g/mol. The van der Waals surface area contributed by atoms with Crippen LogP contribution in [-0.2, 0) is 9.47 Å². The fourth-order valence-corrected chi connectivity index (χ4v) is 1.55. The van der Waals surface area contributed by atoms with E-state index in [-0.39, 0.29) is 28.9 Å². The van der Waals surface area contributed by atoms with Crippen molar-refractivity contribution in [3.8, 4) is 5.75 Å². The molecule has 0 unspecified atom stereocenters. The van der Waals surface area contributed by atoms with Crippen molar-refractivity contribution in [3.63, 3.8) is 0 Å². The van der Waals surface area contributed by atoms with Crippen molar-refractivity contribution in [3.05, 3.63) is 21.9 Å². The van der Waals surface area contributed by atoms with E-state index in [1.54, 1.807) is 13.8 Å². The third-order valence-electron chi connectivity index (χ3n) is 1.98. The van der Waals surface area contributed by atoms with Crippen molar-refractivity contribution < 1.29 is 24.2 Å². The van der Waals surface area contributed by atoms with E-state index in [4.69, 9.17) is 9.47 Å². The number of hydrogen-bond acceptors (Lipinski definition) is 6. The van der Waals surface area contributed by atoms with Gasteiger partial charge in [-0.25, -0.2) is 14.6 Å². The second kappa shape index (κ2) is 6.34. The summed E-state index contributed by atoms with van der Waals surface area (Å²) in [4.78, 5) is 27.1. The van der Waals surface area contributed by atoms with Gasteiger partial charge in [0.25, 0.3) is 0 Å². The molecule has 6 nitrogen and oxygen atoms in total. The zero-order chi connectivity index (χ0) is 13.7. The van der Waals surface area contributed by atoms with Crippen molar-refractivity contribution in [2.24, 2.45) is 0 Å². The number of aromatic hydroxyl groups is 1. The summed E-state index contributed by atoms with van der Waals surface area (Å²) in [6.45, 7) is 3.53. The Balaban J connectivity index is 3.29. The molecular formula is C11H12BrNO5. The van der Waals surface area contributed by atoms with E-state index in [1.807, 2.05) is 0 Å². The Labute approximate surface area is 112 Å². The van der Waals surface area contributed by atoms with Gasteiger partial charge in [0.15, 0.2) is 5.75 Å². The Morgan fingerprint density at radius 1 is 1.28 bits per heavy atom. The fraction of sp³-hybridized carbons (Fsp3) is 0.364. The van der Waals surface area contributed by atoms with E-state index in [1.165, 1.54) is 0 Å². The van der Waals surface area contributed by atoms with Gasteiger partial charge in [-0.1, -0.05) is 0 Å². The van der Waals surface area contributed by atoms with Gasteiger partial charge >= 0.3 is 11.9 Å². The highest BCUT2D eigenvalue weighted by molar-refractivity contribution is 9.10. The first-order valence-electron chi connectivity index (χ1n) is 5.24. The monoisotopic (exact) mass is 317 g/mol. The molecule has 0 bridgehead atoms. The summed E-state index contributed by atoms with van der Waals surface area (Å²) in [6.07, 6.45) is 1.15.